The largest absolute Gasteiger partial charge is 0.296 e. The van der Waals surface area contributed by atoms with Gasteiger partial charge in [-0.2, -0.15) is 4.37 Å². The van der Waals surface area contributed by atoms with Gasteiger partial charge in [-0.05, 0) is 34.5 Å². The lowest BCUT2D eigenvalue weighted by molar-refractivity contribution is 0.102. The van der Waals surface area contributed by atoms with E-state index in [-0.39, 0.29) is 5.56 Å². The summed E-state index contributed by atoms with van der Waals surface area (Å²) in [6.45, 7) is 1.60. The number of amides is 1. The molecule has 2 aromatic rings. The average molecular weight is 316 g/mol. The van der Waals surface area contributed by atoms with E-state index in [9.17, 15) is 9.18 Å². The summed E-state index contributed by atoms with van der Waals surface area (Å²) in [4.78, 5) is 15.7. The Kier molecular flexibility index (Phi) is 3.49. The van der Waals surface area contributed by atoms with Crippen LogP contribution in [0.4, 0.5) is 9.52 Å². The maximum absolute atomic E-state index is 13.8. The summed E-state index contributed by atoms with van der Waals surface area (Å²) >= 11 is 4.18. The van der Waals surface area contributed by atoms with Crippen molar-refractivity contribution in [3.8, 4) is 0 Å². The van der Waals surface area contributed by atoms with Crippen molar-refractivity contribution in [2.75, 3.05) is 5.32 Å². The van der Waals surface area contributed by atoms with Crippen molar-refractivity contribution >= 4 is 38.5 Å². The summed E-state index contributed by atoms with van der Waals surface area (Å²) in [6, 6.07) is 3.23. The predicted octanol–water partition coefficient (Wildman–Crippen LogP) is 3.00. The number of hydrogen-bond donors (Lipinski definition) is 1. The number of nitrogens with zero attached hydrogens (tertiary/aromatic N) is 2. The summed E-state index contributed by atoms with van der Waals surface area (Å²) < 4.78 is 18.0. The summed E-state index contributed by atoms with van der Waals surface area (Å²) in [5.74, 6) is -1.09. The normalized spacial score (nSPS) is 10.3. The molecule has 1 N–H and O–H groups in total. The molecule has 0 saturated carbocycles. The van der Waals surface area contributed by atoms with Gasteiger partial charge in [0.1, 0.15) is 12.1 Å². The molecule has 0 bridgehead atoms. The van der Waals surface area contributed by atoms with Gasteiger partial charge < -0.3 is 0 Å². The fraction of sp³-hybridized carbons (Fsp3) is 0.100. The molecule has 1 heterocycles. The number of anilines is 1. The van der Waals surface area contributed by atoms with Gasteiger partial charge in [0.2, 0.25) is 5.13 Å². The van der Waals surface area contributed by atoms with Crippen LogP contribution in [0.2, 0.25) is 0 Å². The molecule has 7 heteroatoms. The number of aryl methyl sites for hydroxylation is 1. The molecular weight excluding hydrogens is 309 g/mol. The SMILES string of the molecule is Cc1ccc(Br)c(C(=O)Nc2ncns2)c1F. The van der Waals surface area contributed by atoms with Crippen LogP contribution >= 0.6 is 27.5 Å². The van der Waals surface area contributed by atoms with Crippen LogP contribution in [-0.2, 0) is 0 Å². The molecule has 4 nitrogen and oxygen atoms in total. The number of carbonyl (C=O) groups excluding carboxylic acids is 1. The highest BCUT2D eigenvalue weighted by atomic mass is 79.9. The molecule has 0 unspecified atom stereocenters. The van der Waals surface area contributed by atoms with E-state index >= 15 is 0 Å². The highest BCUT2D eigenvalue weighted by Crippen LogP contribution is 2.23. The van der Waals surface area contributed by atoms with E-state index in [2.05, 4.69) is 30.6 Å². The number of halogens is 2. The molecule has 0 radical (unpaired) electrons. The van der Waals surface area contributed by atoms with Gasteiger partial charge >= 0.3 is 0 Å². The lowest BCUT2D eigenvalue weighted by atomic mass is 10.1. The first-order chi connectivity index (χ1) is 8.09. The van der Waals surface area contributed by atoms with E-state index in [4.69, 9.17) is 0 Å². The molecule has 0 saturated heterocycles. The van der Waals surface area contributed by atoms with Gasteiger partial charge in [-0.1, -0.05) is 6.07 Å². The topological polar surface area (TPSA) is 54.9 Å². The molecule has 17 heavy (non-hydrogen) atoms. The second-order valence-corrected chi connectivity index (χ2v) is 4.89. The highest BCUT2D eigenvalue weighted by Gasteiger charge is 2.18. The van der Waals surface area contributed by atoms with Crippen molar-refractivity contribution in [3.05, 3.63) is 39.9 Å². The third kappa shape index (κ3) is 2.50. The van der Waals surface area contributed by atoms with Crippen molar-refractivity contribution in [2.45, 2.75) is 6.92 Å². The molecule has 1 amide bonds. The molecule has 0 fully saturated rings. The van der Waals surface area contributed by atoms with Crippen LogP contribution in [0.15, 0.2) is 22.9 Å². The number of rotatable bonds is 2. The second-order valence-electron chi connectivity index (χ2n) is 3.25. The van der Waals surface area contributed by atoms with Gasteiger partial charge in [0.15, 0.2) is 0 Å². The Morgan fingerprint density at radius 3 is 2.94 bits per heavy atom. The number of benzene rings is 1. The highest BCUT2D eigenvalue weighted by molar-refractivity contribution is 9.10. The standard InChI is InChI=1S/C10H7BrFN3OS/c1-5-2-3-6(11)7(8(5)12)9(16)15-10-13-4-14-17-10/h2-4H,1H3,(H,13,14,15,16). The Balaban J connectivity index is 2.34. The zero-order valence-electron chi connectivity index (χ0n) is 8.70. The van der Waals surface area contributed by atoms with Gasteiger partial charge in [0, 0.05) is 16.0 Å². The van der Waals surface area contributed by atoms with E-state index in [1.807, 2.05) is 0 Å². The number of nitrogens with one attached hydrogen (secondary N) is 1. The van der Waals surface area contributed by atoms with Crippen LogP contribution in [0.25, 0.3) is 0 Å². The predicted molar refractivity (Wildman–Crippen MR) is 66.7 cm³/mol. The van der Waals surface area contributed by atoms with Gasteiger partial charge in [0.05, 0.1) is 5.56 Å². The molecule has 0 atom stereocenters. The minimum atomic E-state index is -0.546. The average Bonchev–Trinajstić information content (AvgIpc) is 2.77. The minimum Gasteiger partial charge on any atom is -0.296 e. The Morgan fingerprint density at radius 2 is 2.29 bits per heavy atom. The first-order valence-corrected chi connectivity index (χ1v) is 6.19. The lowest BCUT2D eigenvalue weighted by Crippen LogP contribution is -2.15. The number of aromatic nitrogens is 2. The fourth-order valence-electron chi connectivity index (χ4n) is 1.25. The lowest BCUT2D eigenvalue weighted by Gasteiger charge is -2.07. The van der Waals surface area contributed by atoms with Crippen LogP contribution in [0.3, 0.4) is 0 Å². The van der Waals surface area contributed by atoms with Crippen molar-refractivity contribution in [1.29, 1.82) is 0 Å². The molecule has 0 spiro atoms. The molecule has 0 aliphatic rings. The van der Waals surface area contributed by atoms with Crippen LogP contribution in [0, 0.1) is 12.7 Å². The van der Waals surface area contributed by atoms with Crippen LogP contribution in [0.5, 0.6) is 0 Å². The van der Waals surface area contributed by atoms with Gasteiger partial charge in [-0.15, -0.1) is 0 Å². The zero-order chi connectivity index (χ0) is 12.4. The number of carbonyl (C=O) groups is 1. The van der Waals surface area contributed by atoms with Crippen LogP contribution in [-0.4, -0.2) is 15.3 Å². The summed E-state index contributed by atoms with van der Waals surface area (Å²) in [5, 5.41) is 2.82. The molecule has 88 valence electrons. The van der Waals surface area contributed by atoms with Crippen molar-refractivity contribution in [2.24, 2.45) is 0 Å². The van der Waals surface area contributed by atoms with E-state index < -0.39 is 11.7 Å². The smallest absolute Gasteiger partial charge is 0.261 e. The van der Waals surface area contributed by atoms with Gasteiger partial charge in [0.25, 0.3) is 5.91 Å². The first kappa shape index (κ1) is 12.1. The van der Waals surface area contributed by atoms with Gasteiger partial charge in [-0.3, -0.25) is 10.1 Å². The summed E-state index contributed by atoms with van der Waals surface area (Å²) in [7, 11) is 0. The van der Waals surface area contributed by atoms with E-state index in [1.165, 1.54) is 6.33 Å². The molecular formula is C10H7BrFN3OS. The van der Waals surface area contributed by atoms with E-state index in [0.29, 0.717) is 15.2 Å². The Hall–Kier alpha value is -1.34. The van der Waals surface area contributed by atoms with Gasteiger partial charge in [-0.25, -0.2) is 9.37 Å². The maximum Gasteiger partial charge on any atom is 0.261 e. The van der Waals surface area contributed by atoms with Crippen molar-refractivity contribution in [1.82, 2.24) is 9.36 Å². The van der Waals surface area contributed by atoms with Crippen LogP contribution in [0.1, 0.15) is 15.9 Å². The van der Waals surface area contributed by atoms with Crippen molar-refractivity contribution in [3.63, 3.8) is 0 Å². The monoisotopic (exact) mass is 315 g/mol. The Labute approximate surface area is 109 Å². The van der Waals surface area contributed by atoms with Crippen LogP contribution < -0.4 is 5.32 Å². The molecule has 2 rings (SSSR count). The molecule has 0 aliphatic carbocycles. The van der Waals surface area contributed by atoms with E-state index in [1.54, 1.807) is 19.1 Å². The van der Waals surface area contributed by atoms with Crippen molar-refractivity contribution < 1.29 is 9.18 Å². The minimum absolute atomic E-state index is 0.0276. The fourth-order valence-corrected chi connectivity index (χ4v) is 2.17. The van der Waals surface area contributed by atoms with E-state index in [0.717, 1.165) is 11.5 Å². The third-order valence-corrected chi connectivity index (χ3v) is 3.33. The number of hydrogen-bond acceptors (Lipinski definition) is 4. The second kappa shape index (κ2) is 4.89. The Morgan fingerprint density at radius 1 is 1.53 bits per heavy atom. The maximum atomic E-state index is 13.8. The third-order valence-electron chi connectivity index (χ3n) is 2.09. The quantitative estimate of drug-likeness (QED) is 0.926. The first-order valence-electron chi connectivity index (χ1n) is 4.62. The molecule has 1 aromatic carbocycles. The Bertz CT molecular complexity index is 559. The summed E-state index contributed by atoms with van der Waals surface area (Å²) in [5.41, 5.74) is 0.385. The molecule has 1 aromatic heterocycles. The zero-order valence-corrected chi connectivity index (χ0v) is 11.1. The molecule has 0 aliphatic heterocycles. The summed E-state index contributed by atoms with van der Waals surface area (Å²) in [6.07, 6.45) is 1.32.